The summed E-state index contributed by atoms with van der Waals surface area (Å²) in [5.74, 6) is -0.822. The SMILES string of the molecule is COCCc1ccc(CCc2ccc3c(F)c(CCc4ccc(OC(F)(F)F)cc4)ccc3c2)c(F)c1. The largest absolute Gasteiger partial charge is 0.573 e. The van der Waals surface area contributed by atoms with Crippen molar-refractivity contribution in [2.45, 2.75) is 38.5 Å². The molecular weight excluding hydrogens is 487 g/mol. The van der Waals surface area contributed by atoms with Gasteiger partial charge in [0.15, 0.2) is 0 Å². The fraction of sp³-hybridized carbons (Fsp3) is 0.267. The van der Waals surface area contributed by atoms with Crippen molar-refractivity contribution < 1.29 is 31.4 Å². The second-order valence-electron chi connectivity index (χ2n) is 8.95. The lowest BCUT2D eigenvalue weighted by Gasteiger charge is -2.11. The quantitative estimate of drug-likeness (QED) is 0.201. The molecule has 0 saturated heterocycles. The van der Waals surface area contributed by atoms with E-state index in [1.807, 2.05) is 30.3 Å². The average molecular weight is 515 g/mol. The van der Waals surface area contributed by atoms with Gasteiger partial charge in [-0.05, 0) is 83.5 Å². The summed E-state index contributed by atoms with van der Waals surface area (Å²) in [7, 11) is 1.61. The summed E-state index contributed by atoms with van der Waals surface area (Å²) in [5.41, 5.74) is 3.84. The summed E-state index contributed by atoms with van der Waals surface area (Å²) in [4.78, 5) is 0. The highest BCUT2D eigenvalue weighted by Gasteiger charge is 2.30. The Labute approximate surface area is 212 Å². The molecule has 0 N–H and O–H groups in total. The predicted molar refractivity (Wildman–Crippen MR) is 134 cm³/mol. The summed E-state index contributed by atoms with van der Waals surface area (Å²) < 4.78 is 75.5. The number of halogens is 5. The molecule has 0 saturated carbocycles. The Morgan fingerprint density at radius 1 is 0.649 bits per heavy atom. The van der Waals surface area contributed by atoms with Crippen LogP contribution in [0.2, 0.25) is 0 Å². The van der Waals surface area contributed by atoms with E-state index in [4.69, 9.17) is 4.74 Å². The van der Waals surface area contributed by atoms with Crippen LogP contribution in [0.5, 0.6) is 5.75 Å². The number of methoxy groups -OCH3 is 1. The third-order valence-electron chi connectivity index (χ3n) is 6.33. The minimum absolute atomic E-state index is 0.229. The summed E-state index contributed by atoms with van der Waals surface area (Å²) in [6, 6.07) is 20.0. The number of hydrogen-bond donors (Lipinski definition) is 0. The van der Waals surface area contributed by atoms with Crippen molar-refractivity contribution >= 4 is 10.8 Å². The van der Waals surface area contributed by atoms with Gasteiger partial charge in [-0.25, -0.2) is 8.78 Å². The maximum absolute atomic E-state index is 15.2. The minimum atomic E-state index is -4.73. The fourth-order valence-corrected chi connectivity index (χ4v) is 4.32. The molecule has 0 radical (unpaired) electrons. The molecule has 0 fully saturated rings. The van der Waals surface area contributed by atoms with Crippen molar-refractivity contribution in [3.63, 3.8) is 0 Å². The van der Waals surface area contributed by atoms with Gasteiger partial charge in [0, 0.05) is 12.5 Å². The zero-order chi connectivity index (χ0) is 26.4. The van der Waals surface area contributed by atoms with Gasteiger partial charge in [0.05, 0.1) is 6.61 Å². The fourth-order valence-electron chi connectivity index (χ4n) is 4.32. The molecule has 0 spiro atoms. The molecule has 0 atom stereocenters. The van der Waals surface area contributed by atoms with Gasteiger partial charge in [0.25, 0.3) is 0 Å². The van der Waals surface area contributed by atoms with Crippen molar-refractivity contribution in [2.75, 3.05) is 13.7 Å². The molecule has 0 aromatic heterocycles. The summed E-state index contributed by atoms with van der Waals surface area (Å²) >= 11 is 0. The van der Waals surface area contributed by atoms with Crippen LogP contribution in [-0.4, -0.2) is 20.1 Å². The summed E-state index contributed by atoms with van der Waals surface area (Å²) in [6.45, 7) is 0.544. The molecule has 0 aliphatic rings. The average Bonchev–Trinajstić information content (AvgIpc) is 2.86. The highest BCUT2D eigenvalue weighted by molar-refractivity contribution is 5.84. The van der Waals surface area contributed by atoms with Crippen LogP contribution in [0.1, 0.15) is 27.8 Å². The Bertz CT molecular complexity index is 1350. The van der Waals surface area contributed by atoms with Gasteiger partial charge < -0.3 is 9.47 Å². The van der Waals surface area contributed by atoms with Gasteiger partial charge in [-0.3, -0.25) is 0 Å². The Morgan fingerprint density at radius 2 is 1.27 bits per heavy atom. The van der Waals surface area contributed by atoms with Crippen LogP contribution >= 0.6 is 0 Å². The molecule has 4 aromatic carbocycles. The van der Waals surface area contributed by atoms with Crippen LogP contribution in [0.4, 0.5) is 22.0 Å². The molecule has 0 amide bonds. The van der Waals surface area contributed by atoms with Crippen LogP contribution < -0.4 is 4.74 Å². The second-order valence-corrected chi connectivity index (χ2v) is 8.95. The van der Waals surface area contributed by atoms with Crippen LogP contribution in [0.3, 0.4) is 0 Å². The lowest BCUT2D eigenvalue weighted by atomic mass is 9.97. The second kappa shape index (κ2) is 11.7. The van der Waals surface area contributed by atoms with Gasteiger partial charge in [0.1, 0.15) is 17.4 Å². The highest BCUT2D eigenvalue weighted by atomic mass is 19.4. The van der Waals surface area contributed by atoms with E-state index >= 15 is 4.39 Å². The minimum Gasteiger partial charge on any atom is -0.406 e. The van der Waals surface area contributed by atoms with E-state index in [2.05, 4.69) is 4.74 Å². The van der Waals surface area contributed by atoms with E-state index < -0.39 is 6.36 Å². The standard InChI is InChI=1S/C30H27F5O2/c1-36-17-16-22-4-9-23(28(31)19-22)8-3-21-7-15-27-25(18-21)12-11-24(29(27)32)10-2-20-5-13-26(14-6-20)37-30(33,34)35/h4-7,9,11-15,18-19H,2-3,8,10,16-17H2,1H3. The Balaban J connectivity index is 1.39. The van der Waals surface area contributed by atoms with Gasteiger partial charge in [-0.15, -0.1) is 13.2 Å². The van der Waals surface area contributed by atoms with Crippen molar-refractivity contribution in [3.05, 3.63) is 112 Å². The van der Waals surface area contributed by atoms with Crippen LogP contribution in [0.15, 0.2) is 72.8 Å². The van der Waals surface area contributed by atoms with Crippen LogP contribution in [0.25, 0.3) is 10.8 Å². The van der Waals surface area contributed by atoms with E-state index in [-0.39, 0.29) is 17.4 Å². The molecule has 194 valence electrons. The van der Waals surface area contributed by atoms with Gasteiger partial charge in [0.2, 0.25) is 0 Å². The normalized spacial score (nSPS) is 11.7. The molecule has 7 heteroatoms. The maximum atomic E-state index is 15.2. The van der Waals surface area contributed by atoms with Gasteiger partial charge in [-0.2, -0.15) is 0 Å². The topological polar surface area (TPSA) is 18.5 Å². The lowest BCUT2D eigenvalue weighted by molar-refractivity contribution is -0.274. The monoisotopic (exact) mass is 514 g/mol. The predicted octanol–water partition coefficient (Wildman–Crippen LogP) is 7.78. The van der Waals surface area contributed by atoms with Crippen LogP contribution in [0, 0.1) is 11.6 Å². The van der Waals surface area contributed by atoms with Gasteiger partial charge in [-0.1, -0.05) is 54.6 Å². The molecule has 0 aliphatic heterocycles. The molecule has 4 aromatic rings. The zero-order valence-electron chi connectivity index (χ0n) is 20.4. The Morgan fingerprint density at radius 3 is 1.97 bits per heavy atom. The molecule has 4 rings (SSSR count). The number of alkyl halides is 3. The number of benzene rings is 4. The molecular formula is C30H27F5O2. The van der Waals surface area contributed by atoms with E-state index in [0.29, 0.717) is 55.2 Å². The van der Waals surface area contributed by atoms with Gasteiger partial charge >= 0.3 is 6.36 Å². The van der Waals surface area contributed by atoms with E-state index in [0.717, 1.165) is 22.1 Å². The number of hydrogen-bond acceptors (Lipinski definition) is 2. The lowest BCUT2D eigenvalue weighted by Crippen LogP contribution is -2.17. The highest BCUT2D eigenvalue weighted by Crippen LogP contribution is 2.26. The first-order valence-corrected chi connectivity index (χ1v) is 12.0. The molecule has 0 unspecified atom stereocenters. The molecule has 37 heavy (non-hydrogen) atoms. The Hall–Kier alpha value is -3.45. The van der Waals surface area contributed by atoms with Crippen molar-refractivity contribution in [1.29, 1.82) is 0 Å². The third kappa shape index (κ3) is 7.29. The first-order chi connectivity index (χ1) is 17.7. The smallest absolute Gasteiger partial charge is 0.406 e. The summed E-state index contributed by atoms with van der Waals surface area (Å²) in [5, 5.41) is 1.27. The van der Waals surface area contributed by atoms with Crippen molar-refractivity contribution in [2.24, 2.45) is 0 Å². The molecule has 0 aliphatic carbocycles. The van der Waals surface area contributed by atoms with Crippen molar-refractivity contribution in [1.82, 2.24) is 0 Å². The maximum Gasteiger partial charge on any atom is 0.573 e. The summed E-state index contributed by atoms with van der Waals surface area (Å²) in [6.07, 6.45) is -2.03. The van der Waals surface area contributed by atoms with E-state index in [1.54, 1.807) is 37.4 Å². The Kier molecular flexibility index (Phi) is 8.44. The zero-order valence-corrected chi connectivity index (χ0v) is 20.4. The molecule has 0 bridgehead atoms. The number of aryl methyl sites for hydroxylation is 4. The molecule has 0 heterocycles. The first-order valence-electron chi connectivity index (χ1n) is 12.0. The third-order valence-corrected chi connectivity index (χ3v) is 6.33. The number of fused-ring (bicyclic) bond motifs is 1. The van der Waals surface area contributed by atoms with E-state index in [1.165, 1.54) is 12.1 Å². The first kappa shape index (κ1) is 26.6. The van der Waals surface area contributed by atoms with Crippen LogP contribution in [-0.2, 0) is 36.8 Å². The number of ether oxygens (including phenoxy) is 2. The van der Waals surface area contributed by atoms with E-state index in [9.17, 15) is 17.6 Å². The van der Waals surface area contributed by atoms with Crippen molar-refractivity contribution in [3.8, 4) is 5.75 Å². The number of rotatable bonds is 10. The molecule has 2 nitrogen and oxygen atoms in total.